The summed E-state index contributed by atoms with van der Waals surface area (Å²) < 4.78 is 7.53. The van der Waals surface area contributed by atoms with Gasteiger partial charge >= 0.3 is 0 Å². The number of nitrogens with two attached hydrogens (primary N) is 1. The molecule has 0 fully saturated rings. The highest BCUT2D eigenvalue weighted by molar-refractivity contribution is 14.1. The van der Waals surface area contributed by atoms with Crippen LogP contribution in [0.25, 0.3) is 0 Å². The smallest absolute Gasteiger partial charge is 0.221 e. The summed E-state index contributed by atoms with van der Waals surface area (Å²) in [5.41, 5.74) is 10.6. The summed E-state index contributed by atoms with van der Waals surface area (Å²) >= 11 is 8.45. The lowest BCUT2D eigenvalue weighted by Gasteiger charge is -2.15. The number of pyridine rings is 1. The van der Waals surface area contributed by atoms with E-state index < -0.39 is 0 Å². The number of halogens is 2. The average Bonchev–Trinajstić information content (AvgIpc) is 2.79. The number of hydrogen-bond acceptors (Lipinski definition) is 6. The fraction of sp³-hybridized carbons (Fsp3) is 0.400. The maximum Gasteiger partial charge on any atom is 0.221 e. The molecule has 23 heavy (non-hydrogen) atoms. The molecular formula is C15H17ClIN5O. The van der Waals surface area contributed by atoms with E-state index in [-0.39, 0.29) is 11.9 Å². The first-order valence-corrected chi connectivity index (χ1v) is 8.52. The van der Waals surface area contributed by atoms with Crippen LogP contribution in [0.2, 0.25) is 5.15 Å². The van der Waals surface area contributed by atoms with E-state index in [0.29, 0.717) is 5.15 Å². The summed E-state index contributed by atoms with van der Waals surface area (Å²) in [4.78, 5) is 13.0. The number of aromatic nitrogens is 3. The minimum absolute atomic E-state index is 0.170. The Morgan fingerprint density at radius 2 is 2.17 bits per heavy atom. The van der Waals surface area contributed by atoms with Crippen molar-refractivity contribution in [3.63, 3.8) is 0 Å². The van der Waals surface area contributed by atoms with Gasteiger partial charge in [-0.05, 0) is 13.8 Å². The fourth-order valence-corrected chi connectivity index (χ4v) is 4.39. The van der Waals surface area contributed by atoms with Crippen LogP contribution in [0.3, 0.4) is 0 Å². The maximum atomic E-state index is 6.22. The standard InChI is InChI=1S/C15H17ClIN5O/c1-7-5-19-10(8(2)13(7)23-3)4-9-6-22(17)12-11(9)20-15(18)21-14(12)16/h5,9H,4,6H2,1-3H3,(H2,18,20,21). The zero-order chi connectivity index (χ0) is 16.7. The van der Waals surface area contributed by atoms with Gasteiger partial charge in [-0.25, -0.2) is 4.98 Å². The summed E-state index contributed by atoms with van der Waals surface area (Å²) in [7, 11) is 1.68. The number of anilines is 2. The molecule has 3 heterocycles. The molecule has 0 bridgehead atoms. The second-order valence-electron chi connectivity index (χ2n) is 5.60. The first-order chi connectivity index (χ1) is 10.9. The van der Waals surface area contributed by atoms with Crippen LogP contribution in [0.15, 0.2) is 6.20 Å². The van der Waals surface area contributed by atoms with E-state index in [4.69, 9.17) is 22.1 Å². The molecule has 122 valence electrons. The SMILES string of the molecule is COc1c(C)cnc(CC2CN(I)c3c(Cl)nc(N)nc32)c1C. The number of hydrogen-bond donors (Lipinski definition) is 1. The van der Waals surface area contributed by atoms with Gasteiger partial charge < -0.3 is 13.6 Å². The van der Waals surface area contributed by atoms with Crippen molar-refractivity contribution in [2.75, 3.05) is 22.5 Å². The summed E-state index contributed by atoms with van der Waals surface area (Å²) in [5.74, 6) is 1.26. The second kappa shape index (κ2) is 6.27. The number of nitrogens with zero attached hydrogens (tertiary/aromatic N) is 4. The topological polar surface area (TPSA) is 77.2 Å². The van der Waals surface area contributed by atoms with Gasteiger partial charge in [0.2, 0.25) is 5.95 Å². The van der Waals surface area contributed by atoms with Gasteiger partial charge in [-0.3, -0.25) is 4.98 Å². The van der Waals surface area contributed by atoms with Crippen LogP contribution < -0.4 is 13.6 Å². The normalized spacial score (nSPS) is 16.6. The maximum absolute atomic E-state index is 6.22. The van der Waals surface area contributed by atoms with Crippen molar-refractivity contribution in [1.29, 1.82) is 0 Å². The van der Waals surface area contributed by atoms with Gasteiger partial charge in [-0.15, -0.1) is 0 Å². The van der Waals surface area contributed by atoms with Gasteiger partial charge in [0.25, 0.3) is 0 Å². The highest BCUT2D eigenvalue weighted by atomic mass is 127. The molecule has 6 nitrogen and oxygen atoms in total. The number of fused-ring (bicyclic) bond motifs is 1. The van der Waals surface area contributed by atoms with Crippen LogP contribution in [0.1, 0.15) is 28.4 Å². The van der Waals surface area contributed by atoms with Crippen LogP contribution in [0.4, 0.5) is 11.6 Å². The van der Waals surface area contributed by atoms with Crippen LogP contribution in [0, 0.1) is 13.8 Å². The van der Waals surface area contributed by atoms with Crippen molar-refractivity contribution in [3.05, 3.63) is 33.9 Å². The Balaban J connectivity index is 1.98. The Morgan fingerprint density at radius 3 is 2.87 bits per heavy atom. The van der Waals surface area contributed by atoms with Crippen molar-refractivity contribution in [2.24, 2.45) is 0 Å². The number of rotatable bonds is 3. The van der Waals surface area contributed by atoms with E-state index in [1.165, 1.54) is 0 Å². The van der Waals surface area contributed by atoms with Gasteiger partial charge in [-0.2, -0.15) is 4.98 Å². The van der Waals surface area contributed by atoms with E-state index in [1.54, 1.807) is 7.11 Å². The molecule has 1 atom stereocenters. The molecule has 2 N–H and O–H groups in total. The summed E-state index contributed by atoms with van der Waals surface area (Å²) in [6.07, 6.45) is 2.60. The van der Waals surface area contributed by atoms with E-state index in [2.05, 4.69) is 37.8 Å². The summed E-state index contributed by atoms with van der Waals surface area (Å²) in [6.45, 7) is 4.83. The molecule has 1 aliphatic rings. The number of methoxy groups -OCH3 is 1. The first kappa shape index (κ1) is 16.5. The molecule has 3 rings (SSSR count). The number of nitrogen functional groups attached to an aromatic ring is 1. The Bertz CT molecular complexity index is 770. The van der Waals surface area contributed by atoms with Crippen molar-refractivity contribution in [1.82, 2.24) is 15.0 Å². The molecular weight excluding hydrogens is 429 g/mol. The van der Waals surface area contributed by atoms with Gasteiger partial charge in [0.15, 0.2) is 5.15 Å². The Morgan fingerprint density at radius 1 is 1.43 bits per heavy atom. The third kappa shape index (κ3) is 2.91. The molecule has 0 amide bonds. The van der Waals surface area contributed by atoms with Gasteiger partial charge in [0, 0.05) is 41.9 Å². The average molecular weight is 446 g/mol. The van der Waals surface area contributed by atoms with Crippen LogP contribution in [0.5, 0.6) is 5.75 Å². The van der Waals surface area contributed by atoms with E-state index in [1.807, 2.05) is 23.2 Å². The van der Waals surface area contributed by atoms with Gasteiger partial charge in [0.05, 0.1) is 35.7 Å². The van der Waals surface area contributed by atoms with Crippen molar-refractivity contribution >= 4 is 46.1 Å². The summed E-state index contributed by atoms with van der Waals surface area (Å²) in [5, 5.41) is 0.399. The lowest BCUT2D eigenvalue weighted by Crippen LogP contribution is -2.12. The van der Waals surface area contributed by atoms with Crippen molar-refractivity contribution in [2.45, 2.75) is 26.2 Å². The van der Waals surface area contributed by atoms with E-state index in [9.17, 15) is 0 Å². The molecule has 0 saturated heterocycles. The van der Waals surface area contributed by atoms with Crippen molar-refractivity contribution < 1.29 is 4.74 Å². The quantitative estimate of drug-likeness (QED) is 0.444. The fourth-order valence-electron chi connectivity index (χ4n) is 3.01. The Labute approximate surface area is 153 Å². The second-order valence-corrected chi connectivity index (χ2v) is 7.12. The predicted octanol–water partition coefficient (Wildman–Crippen LogP) is 3.23. The first-order valence-electron chi connectivity index (χ1n) is 7.17. The molecule has 1 unspecified atom stereocenters. The van der Waals surface area contributed by atoms with E-state index in [0.717, 1.165) is 46.9 Å². The monoisotopic (exact) mass is 445 g/mol. The number of ether oxygens (including phenoxy) is 1. The molecule has 2 aromatic rings. The van der Waals surface area contributed by atoms with Crippen molar-refractivity contribution in [3.8, 4) is 5.75 Å². The highest BCUT2D eigenvalue weighted by Crippen LogP contribution is 2.43. The molecule has 0 aromatic carbocycles. The third-order valence-electron chi connectivity index (χ3n) is 4.09. The molecule has 2 aromatic heterocycles. The molecule has 0 saturated carbocycles. The van der Waals surface area contributed by atoms with Crippen LogP contribution in [-0.2, 0) is 6.42 Å². The highest BCUT2D eigenvalue weighted by Gasteiger charge is 2.33. The molecule has 8 heteroatoms. The molecule has 0 aliphatic carbocycles. The molecule has 1 aliphatic heterocycles. The largest absolute Gasteiger partial charge is 0.496 e. The Hall–Kier alpha value is -1.35. The minimum atomic E-state index is 0.170. The minimum Gasteiger partial charge on any atom is -0.496 e. The Kier molecular flexibility index (Phi) is 4.50. The third-order valence-corrected chi connectivity index (χ3v) is 5.23. The van der Waals surface area contributed by atoms with Gasteiger partial charge in [0.1, 0.15) is 11.4 Å². The van der Waals surface area contributed by atoms with E-state index >= 15 is 0 Å². The zero-order valence-electron chi connectivity index (χ0n) is 13.1. The van der Waals surface area contributed by atoms with Crippen LogP contribution >= 0.6 is 34.5 Å². The zero-order valence-corrected chi connectivity index (χ0v) is 16.0. The lowest BCUT2D eigenvalue weighted by atomic mass is 9.97. The molecule has 0 spiro atoms. The lowest BCUT2D eigenvalue weighted by molar-refractivity contribution is 0.406. The molecule has 0 radical (unpaired) electrons. The number of aryl methyl sites for hydroxylation is 1. The van der Waals surface area contributed by atoms with Crippen LogP contribution in [-0.4, -0.2) is 28.6 Å². The predicted molar refractivity (Wildman–Crippen MR) is 99.5 cm³/mol. The van der Waals surface area contributed by atoms with Gasteiger partial charge in [-0.1, -0.05) is 11.6 Å². The summed E-state index contributed by atoms with van der Waals surface area (Å²) in [6, 6.07) is 0.